The summed E-state index contributed by atoms with van der Waals surface area (Å²) in [5, 5.41) is 2.58. The predicted molar refractivity (Wildman–Crippen MR) is 52.4 cm³/mol. The molecule has 16 heavy (non-hydrogen) atoms. The van der Waals surface area contributed by atoms with Gasteiger partial charge in [-0.3, -0.25) is 0 Å². The van der Waals surface area contributed by atoms with E-state index in [0.29, 0.717) is 0 Å². The van der Waals surface area contributed by atoms with Crippen molar-refractivity contribution in [3.63, 3.8) is 0 Å². The molecule has 3 nitrogen and oxygen atoms in total. The standard InChI is InChI=1S/C10H11F3N2O/c1-14-9-5-7(16-6-2-3-6)4-8(15-9)10(11,12)13/h4-6H,2-3H2,1H3,(H,14,15). The van der Waals surface area contributed by atoms with E-state index in [-0.39, 0.29) is 17.7 Å². The van der Waals surface area contributed by atoms with Crippen LogP contribution in [0.3, 0.4) is 0 Å². The highest BCUT2D eigenvalue weighted by atomic mass is 19.4. The number of pyridine rings is 1. The van der Waals surface area contributed by atoms with Crippen LogP contribution in [0.1, 0.15) is 18.5 Å². The first kappa shape index (κ1) is 11.0. The summed E-state index contributed by atoms with van der Waals surface area (Å²) in [7, 11) is 1.52. The fraction of sp³-hybridized carbons (Fsp3) is 0.500. The fourth-order valence-electron chi connectivity index (χ4n) is 1.23. The summed E-state index contributed by atoms with van der Waals surface area (Å²) in [6.07, 6.45) is -2.58. The highest BCUT2D eigenvalue weighted by Crippen LogP contribution is 2.34. The van der Waals surface area contributed by atoms with Crippen LogP contribution in [0.4, 0.5) is 19.0 Å². The molecule has 0 atom stereocenters. The molecule has 0 spiro atoms. The molecule has 1 aromatic heterocycles. The predicted octanol–water partition coefficient (Wildman–Crippen LogP) is 2.68. The largest absolute Gasteiger partial charge is 0.490 e. The van der Waals surface area contributed by atoms with Crippen molar-refractivity contribution in [3.05, 3.63) is 17.8 Å². The van der Waals surface area contributed by atoms with E-state index in [9.17, 15) is 13.2 Å². The summed E-state index contributed by atoms with van der Waals surface area (Å²) in [6, 6.07) is 2.40. The summed E-state index contributed by atoms with van der Waals surface area (Å²) >= 11 is 0. The van der Waals surface area contributed by atoms with Crippen LogP contribution in [0.15, 0.2) is 12.1 Å². The smallest absolute Gasteiger partial charge is 0.433 e. The Morgan fingerprint density at radius 3 is 2.56 bits per heavy atom. The van der Waals surface area contributed by atoms with Gasteiger partial charge in [-0.2, -0.15) is 13.2 Å². The highest BCUT2D eigenvalue weighted by molar-refractivity contribution is 5.43. The molecule has 2 rings (SSSR count). The van der Waals surface area contributed by atoms with Crippen molar-refractivity contribution in [2.45, 2.75) is 25.1 Å². The number of alkyl halides is 3. The van der Waals surface area contributed by atoms with Gasteiger partial charge in [0.2, 0.25) is 0 Å². The molecule has 1 fully saturated rings. The first-order valence-corrected chi connectivity index (χ1v) is 4.93. The lowest BCUT2D eigenvalue weighted by atomic mass is 10.3. The van der Waals surface area contributed by atoms with Crippen LogP contribution >= 0.6 is 0 Å². The number of nitrogens with zero attached hydrogens (tertiary/aromatic N) is 1. The first-order chi connectivity index (χ1) is 7.49. The van der Waals surface area contributed by atoms with Gasteiger partial charge in [0.05, 0.1) is 6.10 Å². The Hall–Kier alpha value is -1.46. The molecule has 0 aromatic carbocycles. The van der Waals surface area contributed by atoms with Gasteiger partial charge in [-0.1, -0.05) is 0 Å². The van der Waals surface area contributed by atoms with Crippen LogP contribution < -0.4 is 10.1 Å². The van der Waals surface area contributed by atoms with Crippen LogP contribution in [-0.2, 0) is 6.18 Å². The van der Waals surface area contributed by atoms with Crippen molar-refractivity contribution in [2.75, 3.05) is 12.4 Å². The molecular weight excluding hydrogens is 221 g/mol. The van der Waals surface area contributed by atoms with Gasteiger partial charge in [-0.25, -0.2) is 4.98 Å². The Morgan fingerprint density at radius 2 is 2.06 bits per heavy atom. The minimum absolute atomic E-state index is 0.0631. The molecule has 1 saturated carbocycles. The van der Waals surface area contributed by atoms with Gasteiger partial charge in [0.15, 0.2) is 5.69 Å². The summed E-state index contributed by atoms with van der Waals surface area (Å²) in [4.78, 5) is 3.43. The number of rotatable bonds is 3. The lowest BCUT2D eigenvalue weighted by molar-refractivity contribution is -0.141. The average Bonchev–Trinajstić information content (AvgIpc) is 3.00. The van der Waals surface area contributed by atoms with E-state index in [2.05, 4.69) is 10.3 Å². The molecule has 0 unspecified atom stereocenters. The zero-order valence-electron chi connectivity index (χ0n) is 8.64. The van der Waals surface area contributed by atoms with Crippen molar-refractivity contribution in [1.29, 1.82) is 0 Å². The summed E-state index contributed by atoms with van der Waals surface area (Å²) in [6.45, 7) is 0. The Bertz CT molecular complexity index is 388. The van der Waals surface area contributed by atoms with Crippen molar-refractivity contribution in [1.82, 2.24) is 4.98 Å². The number of hydrogen-bond acceptors (Lipinski definition) is 3. The van der Waals surface area contributed by atoms with Gasteiger partial charge < -0.3 is 10.1 Å². The minimum Gasteiger partial charge on any atom is -0.490 e. The lowest BCUT2D eigenvalue weighted by Gasteiger charge is -2.11. The Labute approximate surface area is 90.6 Å². The molecule has 1 aromatic rings. The highest BCUT2D eigenvalue weighted by Gasteiger charge is 2.34. The van der Waals surface area contributed by atoms with Crippen LogP contribution in [0, 0.1) is 0 Å². The second kappa shape index (κ2) is 3.84. The van der Waals surface area contributed by atoms with Crippen molar-refractivity contribution < 1.29 is 17.9 Å². The van der Waals surface area contributed by atoms with Gasteiger partial charge in [-0.15, -0.1) is 0 Å². The maximum absolute atomic E-state index is 12.5. The van der Waals surface area contributed by atoms with Gasteiger partial charge in [0.1, 0.15) is 11.6 Å². The molecule has 0 aliphatic heterocycles. The maximum Gasteiger partial charge on any atom is 0.433 e. The number of hydrogen-bond donors (Lipinski definition) is 1. The number of anilines is 1. The number of aromatic nitrogens is 1. The third-order valence-corrected chi connectivity index (χ3v) is 2.17. The quantitative estimate of drug-likeness (QED) is 0.869. The molecule has 1 N–H and O–H groups in total. The van der Waals surface area contributed by atoms with Gasteiger partial charge in [0, 0.05) is 19.2 Å². The lowest BCUT2D eigenvalue weighted by Crippen LogP contribution is -2.10. The molecule has 88 valence electrons. The first-order valence-electron chi connectivity index (χ1n) is 4.93. The third kappa shape index (κ3) is 2.56. The molecule has 1 aliphatic carbocycles. The fourth-order valence-corrected chi connectivity index (χ4v) is 1.23. The zero-order valence-corrected chi connectivity index (χ0v) is 8.64. The molecule has 6 heteroatoms. The minimum atomic E-state index is -4.45. The van der Waals surface area contributed by atoms with Crippen molar-refractivity contribution in [3.8, 4) is 5.75 Å². The Morgan fingerprint density at radius 1 is 1.38 bits per heavy atom. The second-order valence-corrected chi connectivity index (χ2v) is 3.64. The van der Waals surface area contributed by atoms with Crippen molar-refractivity contribution in [2.24, 2.45) is 0 Å². The molecular formula is C10H11F3N2O. The number of nitrogens with one attached hydrogen (secondary N) is 1. The average molecular weight is 232 g/mol. The Balaban J connectivity index is 2.29. The van der Waals surface area contributed by atoms with Crippen LogP contribution in [0.25, 0.3) is 0 Å². The SMILES string of the molecule is CNc1cc(OC2CC2)cc(C(F)(F)F)n1. The van der Waals surface area contributed by atoms with E-state index in [1.165, 1.54) is 13.1 Å². The van der Waals surface area contributed by atoms with Crippen molar-refractivity contribution >= 4 is 5.82 Å². The van der Waals surface area contributed by atoms with Gasteiger partial charge in [0.25, 0.3) is 0 Å². The number of ether oxygens (including phenoxy) is 1. The normalized spacial score (nSPS) is 16.0. The van der Waals surface area contributed by atoms with E-state index in [1.54, 1.807) is 0 Å². The van der Waals surface area contributed by atoms with Crippen LogP contribution in [0.5, 0.6) is 5.75 Å². The summed E-state index contributed by atoms with van der Waals surface area (Å²) in [5.74, 6) is 0.375. The maximum atomic E-state index is 12.5. The van der Waals surface area contributed by atoms with E-state index >= 15 is 0 Å². The van der Waals surface area contributed by atoms with E-state index in [1.807, 2.05) is 0 Å². The molecule has 0 amide bonds. The third-order valence-electron chi connectivity index (χ3n) is 2.17. The summed E-state index contributed by atoms with van der Waals surface area (Å²) < 4.78 is 42.8. The summed E-state index contributed by atoms with van der Waals surface area (Å²) in [5.41, 5.74) is -0.935. The van der Waals surface area contributed by atoms with Crippen LogP contribution in [0.2, 0.25) is 0 Å². The van der Waals surface area contributed by atoms with Crippen LogP contribution in [-0.4, -0.2) is 18.1 Å². The molecule has 1 heterocycles. The Kier molecular flexibility index (Phi) is 2.65. The number of halogens is 3. The molecule has 1 aliphatic rings. The molecule has 0 saturated heterocycles. The van der Waals surface area contributed by atoms with E-state index in [0.717, 1.165) is 18.9 Å². The van der Waals surface area contributed by atoms with Gasteiger partial charge >= 0.3 is 6.18 Å². The molecule has 0 bridgehead atoms. The van der Waals surface area contributed by atoms with Gasteiger partial charge in [-0.05, 0) is 12.8 Å². The zero-order chi connectivity index (χ0) is 11.8. The monoisotopic (exact) mass is 232 g/mol. The molecule has 0 radical (unpaired) electrons. The second-order valence-electron chi connectivity index (χ2n) is 3.64. The van der Waals surface area contributed by atoms with E-state index in [4.69, 9.17) is 4.74 Å². The van der Waals surface area contributed by atoms with E-state index < -0.39 is 11.9 Å². The topological polar surface area (TPSA) is 34.1 Å².